The number of benzene rings is 1. The zero-order valence-electron chi connectivity index (χ0n) is 10.1. The van der Waals surface area contributed by atoms with Crippen molar-refractivity contribution in [1.82, 2.24) is 0 Å². The van der Waals surface area contributed by atoms with Crippen molar-refractivity contribution in [3.63, 3.8) is 0 Å². The van der Waals surface area contributed by atoms with Gasteiger partial charge in [-0.15, -0.1) is 0 Å². The van der Waals surface area contributed by atoms with Gasteiger partial charge in [0.1, 0.15) is 0 Å². The van der Waals surface area contributed by atoms with E-state index in [0.717, 1.165) is 6.26 Å². The van der Waals surface area contributed by atoms with Crippen molar-refractivity contribution in [2.24, 2.45) is 11.7 Å². The second kappa shape index (κ2) is 5.69. The van der Waals surface area contributed by atoms with Crippen molar-refractivity contribution in [3.8, 4) is 0 Å². The van der Waals surface area contributed by atoms with Crippen LogP contribution in [0, 0.1) is 5.92 Å². The van der Waals surface area contributed by atoms with Crippen LogP contribution in [0.25, 0.3) is 0 Å². The summed E-state index contributed by atoms with van der Waals surface area (Å²) in [5.41, 5.74) is 5.64. The molecule has 1 rings (SSSR count). The Kier molecular flexibility index (Phi) is 4.72. The zero-order chi connectivity index (χ0) is 13.9. The predicted molar refractivity (Wildman–Crippen MR) is 71.4 cm³/mol. The topological polar surface area (TPSA) is 89.3 Å². The van der Waals surface area contributed by atoms with Gasteiger partial charge in [-0.25, -0.2) is 8.42 Å². The fourth-order valence-corrected chi connectivity index (χ4v) is 2.01. The normalized spacial score (nSPS) is 13.1. The summed E-state index contributed by atoms with van der Waals surface area (Å²) in [7, 11) is -3.34. The van der Waals surface area contributed by atoms with Crippen LogP contribution in [0.1, 0.15) is 6.92 Å². The molecule has 0 fully saturated rings. The maximum absolute atomic E-state index is 11.7. The lowest BCUT2D eigenvalue weighted by molar-refractivity contribution is -0.119. The molecule has 0 bridgehead atoms. The van der Waals surface area contributed by atoms with E-state index in [1.54, 1.807) is 6.92 Å². The number of nitrogens with two attached hydrogens (primary N) is 1. The van der Waals surface area contributed by atoms with Crippen LogP contribution in [0.4, 0.5) is 5.69 Å². The van der Waals surface area contributed by atoms with E-state index < -0.39 is 9.84 Å². The molecule has 0 aliphatic heterocycles. The molecule has 0 aliphatic rings. The first kappa shape index (κ1) is 14.9. The maximum Gasteiger partial charge on any atom is 0.228 e. The number of carbonyl (C=O) groups is 1. The summed E-state index contributed by atoms with van der Waals surface area (Å²) in [4.78, 5) is 11.8. The molecule has 0 saturated heterocycles. The summed E-state index contributed by atoms with van der Waals surface area (Å²) in [6.07, 6.45) is 1.09. The van der Waals surface area contributed by atoms with Gasteiger partial charge in [0.2, 0.25) is 5.91 Å². The van der Waals surface area contributed by atoms with Gasteiger partial charge in [0, 0.05) is 18.7 Å². The third-order valence-electron chi connectivity index (χ3n) is 2.42. The van der Waals surface area contributed by atoms with E-state index in [2.05, 4.69) is 5.32 Å². The van der Waals surface area contributed by atoms with Crippen molar-refractivity contribution < 1.29 is 13.2 Å². The molecule has 5 nitrogen and oxygen atoms in total. The summed E-state index contributed by atoms with van der Waals surface area (Å²) in [5, 5.41) is 2.84. The fraction of sp³-hybridized carbons (Fsp3) is 0.364. The molecule has 0 heterocycles. The highest BCUT2D eigenvalue weighted by Crippen LogP contribution is 2.25. The zero-order valence-corrected chi connectivity index (χ0v) is 11.7. The number of amides is 1. The Bertz CT molecular complexity index is 557. The maximum atomic E-state index is 11.7. The minimum absolute atomic E-state index is 0.0996. The highest BCUT2D eigenvalue weighted by molar-refractivity contribution is 7.90. The van der Waals surface area contributed by atoms with E-state index in [0.29, 0.717) is 0 Å². The SMILES string of the molecule is CC(CN)C(=O)Nc1cc(S(C)(=O)=O)ccc1Cl. The van der Waals surface area contributed by atoms with Crippen LogP contribution in [0.2, 0.25) is 5.02 Å². The van der Waals surface area contributed by atoms with Crippen molar-refractivity contribution in [1.29, 1.82) is 0 Å². The number of nitrogens with one attached hydrogen (secondary N) is 1. The summed E-state index contributed by atoms with van der Waals surface area (Å²) >= 11 is 5.90. The Hall–Kier alpha value is -1.11. The van der Waals surface area contributed by atoms with E-state index >= 15 is 0 Å². The molecule has 1 amide bonds. The van der Waals surface area contributed by atoms with E-state index in [1.807, 2.05) is 0 Å². The first-order chi connectivity index (χ1) is 8.25. The fourth-order valence-electron chi connectivity index (χ4n) is 1.19. The van der Waals surface area contributed by atoms with Gasteiger partial charge < -0.3 is 11.1 Å². The molecule has 0 spiro atoms. The lowest BCUT2D eigenvalue weighted by Gasteiger charge is -2.12. The van der Waals surface area contributed by atoms with Crippen molar-refractivity contribution in [2.45, 2.75) is 11.8 Å². The molecule has 7 heteroatoms. The standard InChI is InChI=1S/C11H15ClN2O3S/c1-7(6-13)11(15)14-10-5-8(18(2,16)17)3-4-9(10)12/h3-5,7H,6,13H2,1-2H3,(H,14,15). The Morgan fingerprint density at radius 3 is 2.61 bits per heavy atom. The number of anilines is 1. The summed E-state index contributed by atoms with van der Waals surface area (Å²) in [6.45, 7) is 1.87. The molecular formula is C11H15ClN2O3S. The lowest BCUT2D eigenvalue weighted by atomic mass is 10.1. The molecular weight excluding hydrogens is 276 g/mol. The first-order valence-corrected chi connectivity index (χ1v) is 7.53. The van der Waals surface area contributed by atoms with Gasteiger partial charge in [-0.05, 0) is 18.2 Å². The smallest absolute Gasteiger partial charge is 0.228 e. The Balaban J connectivity index is 3.06. The van der Waals surface area contributed by atoms with Gasteiger partial charge in [-0.3, -0.25) is 4.79 Å². The highest BCUT2D eigenvalue weighted by Gasteiger charge is 2.15. The molecule has 1 aromatic carbocycles. The average molecular weight is 291 g/mol. The van der Waals surface area contributed by atoms with E-state index in [9.17, 15) is 13.2 Å². The second-order valence-corrected chi connectivity index (χ2v) is 6.46. The van der Waals surface area contributed by atoms with Crippen molar-refractivity contribution in [2.75, 3.05) is 18.1 Å². The van der Waals surface area contributed by atoms with Gasteiger partial charge >= 0.3 is 0 Å². The largest absolute Gasteiger partial charge is 0.330 e. The second-order valence-electron chi connectivity index (χ2n) is 4.04. The number of sulfone groups is 1. The summed E-state index contributed by atoms with van der Waals surface area (Å²) in [6, 6.07) is 4.15. The summed E-state index contributed by atoms with van der Waals surface area (Å²) < 4.78 is 22.8. The summed E-state index contributed by atoms with van der Waals surface area (Å²) in [5.74, 6) is -0.673. The lowest BCUT2D eigenvalue weighted by Crippen LogP contribution is -2.26. The van der Waals surface area contributed by atoms with Crippen LogP contribution in [0.15, 0.2) is 23.1 Å². The minimum atomic E-state index is -3.34. The average Bonchev–Trinajstić information content (AvgIpc) is 2.29. The molecule has 0 aliphatic carbocycles. The number of hydrogen-bond donors (Lipinski definition) is 2. The van der Waals surface area contributed by atoms with Gasteiger partial charge in [-0.2, -0.15) is 0 Å². The molecule has 1 unspecified atom stereocenters. The quantitative estimate of drug-likeness (QED) is 0.874. The van der Waals surface area contributed by atoms with Gasteiger partial charge in [-0.1, -0.05) is 18.5 Å². The molecule has 3 N–H and O–H groups in total. The minimum Gasteiger partial charge on any atom is -0.330 e. The highest BCUT2D eigenvalue weighted by atomic mass is 35.5. The van der Waals surface area contributed by atoms with Crippen LogP contribution < -0.4 is 11.1 Å². The molecule has 0 radical (unpaired) electrons. The first-order valence-electron chi connectivity index (χ1n) is 5.26. The van der Waals surface area contributed by atoms with E-state index in [4.69, 9.17) is 17.3 Å². The molecule has 1 aromatic rings. The van der Waals surface area contributed by atoms with Crippen molar-refractivity contribution >= 4 is 33.0 Å². The monoisotopic (exact) mass is 290 g/mol. The van der Waals surface area contributed by atoms with E-state index in [1.165, 1.54) is 18.2 Å². The molecule has 18 heavy (non-hydrogen) atoms. The molecule has 1 atom stereocenters. The number of carbonyl (C=O) groups excluding carboxylic acids is 1. The van der Waals surface area contributed by atoms with Gasteiger partial charge in [0.25, 0.3) is 0 Å². The third-order valence-corrected chi connectivity index (χ3v) is 3.86. The van der Waals surface area contributed by atoms with Crippen LogP contribution >= 0.6 is 11.6 Å². The van der Waals surface area contributed by atoms with Gasteiger partial charge in [0.05, 0.1) is 15.6 Å². The van der Waals surface area contributed by atoms with Crippen molar-refractivity contribution in [3.05, 3.63) is 23.2 Å². The molecule has 100 valence electrons. The van der Waals surface area contributed by atoms with Crippen LogP contribution in [-0.2, 0) is 14.6 Å². The number of hydrogen-bond acceptors (Lipinski definition) is 4. The number of halogens is 1. The Morgan fingerprint density at radius 1 is 1.50 bits per heavy atom. The van der Waals surface area contributed by atoms with E-state index in [-0.39, 0.29) is 34.0 Å². The Labute approximate surface area is 111 Å². The van der Waals surface area contributed by atoms with Crippen LogP contribution in [-0.4, -0.2) is 27.1 Å². The molecule has 0 aromatic heterocycles. The van der Waals surface area contributed by atoms with Crippen LogP contribution in [0.3, 0.4) is 0 Å². The molecule has 0 saturated carbocycles. The number of rotatable bonds is 4. The van der Waals surface area contributed by atoms with Crippen LogP contribution in [0.5, 0.6) is 0 Å². The Morgan fingerprint density at radius 2 is 2.11 bits per heavy atom. The van der Waals surface area contributed by atoms with Gasteiger partial charge in [0.15, 0.2) is 9.84 Å². The predicted octanol–water partition coefficient (Wildman–Crippen LogP) is 1.28. The third kappa shape index (κ3) is 3.69.